The molecule has 0 radical (unpaired) electrons. The topological polar surface area (TPSA) is 71.7 Å². The quantitative estimate of drug-likeness (QED) is 0.785. The van der Waals surface area contributed by atoms with Gasteiger partial charge in [-0.1, -0.05) is 32.0 Å². The minimum absolute atomic E-state index is 0.205. The van der Waals surface area contributed by atoms with E-state index in [-0.39, 0.29) is 24.8 Å². The van der Waals surface area contributed by atoms with Gasteiger partial charge in [-0.15, -0.1) is 0 Å². The zero-order chi connectivity index (χ0) is 16.7. The summed E-state index contributed by atoms with van der Waals surface area (Å²) in [5.41, 5.74) is 0.671. The predicted molar refractivity (Wildman–Crippen MR) is 87.3 cm³/mol. The summed E-state index contributed by atoms with van der Waals surface area (Å²) < 4.78 is 10.9. The fourth-order valence-corrected chi connectivity index (χ4v) is 2.24. The fraction of sp³-hybridized carbons (Fsp3) is 0.389. The van der Waals surface area contributed by atoms with Gasteiger partial charge in [-0.05, 0) is 30.5 Å². The summed E-state index contributed by atoms with van der Waals surface area (Å²) in [4.78, 5) is 12.2. The van der Waals surface area contributed by atoms with Crippen molar-refractivity contribution in [1.29, 1.82) is 0 Å². The Kier molecular flexibility index (Phi) is 6.23. The molecular formula is C18H23NO4. The third kappa shape index (κ3) is 5.45. The average molecular weight is 317 g/mol. The van der Waals surface area contributed by atoms with Crippen LogP contribution in [0.3, 0.4) is 0 Å². The Hall–Kier alpha value is -2.27. The molecule has 1 aromatic carbocycles. The normalized spacial score (nSPS) is 12.2. The zero-order valence-electron chi connectivity index (χ0n) is 13.5. The molecule has 0 aliphatic rings. The highest BCUT2D eigenvalue weighted by Crippen LogP contribution is 2.15. The fourth-order valence-electron chi connectivity index (χ4n) is 2.24. The Balaban J connectivity index is 1.88. The van der Waals surface area contributed by atoms with Crippen LogP contribution in [-0.2, 0) is 6.61 Å². The van der Waals surface area contributed by atoms with E-state index in [0.29, 0.717) is 17.9 Å². The number of hydrogen-bond donors (Lipinski definition) is 2. The van der Waals surface area contributed by atoms with E-state index in [1.807, 2.05) is 44.2 Å². The lowest BCUT2D eigenvalue weighted by molar-refractivity contribution is 0.0870. The van der Waals surface area contributed by atoms with Gasteiger partial charge in [-0.25, -0.2) is 0 Å². The van der Waals surface area contributed by atoms with Gasteiger partial charge in [0.05, 0.1) is 12.4 Å². The Morgan fingerprint density at radius 1 is 1.26 bits per heavy atom. The molecule has 5 heteroatoms. The number of aliphatic hydroxyl groups is 1. The van der Waals surface area contributed by atoms with Gasteiger partial charge >= 0.3 is 0 Å². The van der Waals surface area contributed by atoms with Gasteiger partial charge in [0.1, 0.15) is 12.4 Å². The van der Waals surface area contributed by atoms with Crippen molar-refractivity contribution < 1.29 is 19.1 Å². The van der Waals surface area contributed by atoms with Crippen molar-refractivity contribution in [1.82, 2.24) is 5.32 Å². The molecule has 2 aromatic rings. The number of amides is 1. The lowest BCUT2D eigenvalue weighted by Gasteiger charge is -2.13. The molecule has 1 unspecified atom stereocenters. The van der Waals surface area contributed by atoms with Gasteiger partial charge in [0.25, 0.3) is 5.91 Å². The molecule has 0 aliphatic carbocycles. The SMILES string of the molecule is CC(C)CC(O)CNC(=O)c1occc1COc1ccccc1. The number of para-hydroxylation sites is 1. The summed E-state index contributed by atoms with van der Waals surface area (Å²) in [5, 5.41) is 12.5. The van der Waals surface area contributed by atoms with Crippen molar-refractivity contribution in [2.45, 2.75) is 33.0 Å². The number of carbonyl (C=O) groups is 1. The molecule has 0 spiro atoms. The van der Waals surface area contributed by atoms with E-state index in [2.05, 4.69) is 5.32 Å². The van der Waals surface area contributed by atoms with Crippen LogP contribution in [0.2, 0.25) is 0 Å². The molecule has 5 nitrogen and oxygen atoms in total. The van der Waals surface area contributed by atoms with Crippen molar-refractivity contribution in [3.05, 3.63) is 54.0 Å². The summed E-state index contributed by atoms with van der Waals surface area (Å²) >= 11 is 0. The summed E-state index contributed by atoms with van der Waals surface area (Å²) in [6.45, 7) is 4.50. The van der Waals surface area contributed by atoms with E-state index in [0.717, 1.165) is 5.75 Å². The van der Waals surface area contributed by atoms with Crippen molar-refractivity contribution in [2.75, 3.05) is 6.54 Å². The standard InChI is InChI=1S/C18H23NO4/c1-13(2)10-15(20)11-19-18(21)17-14(8-9-22-17)12-23-16-6-4-3-5-7-16/h3-9,13,15,20H,10-12H2,1-2H3,(H,19,21). The van der Waals surface area contributed by atoms with E-state index in [1.165, 1.54) is 6.26 Å². The number of furan rings is 1. The molecule has 0 saturated heterocycles. The first kappa shape index (κ1) is 17.1. The van der Waals surface area contributed by atoms with E-state index in [4.69, 9.17) is 9.15 Å². The third-order valence-corrected chi connectivity index (χ3v) is 3.33. The van der Waals surface area contributed by atoms with Gasteiger partial charge in [0, 0.05) is 12.1 Å². The molecule has 1 aromatic heterocycles. The van der Waals surface area contributed by atoms with Crippen LogP contribution in [0.5, 0.6) is 5.75 Å². The van der Waals surface area contributed by atoms with E-state index in [1.54, 1.807) is 6.07 Å². The molecule has 1 atom stereocenters. The number of benzene rings is 1. The average Bonchev–Trinajstić information content (AvgIpc) is 2.99. The molecule has 1 amide bonds. The van der Waals surface area contributed by atoms with Crippen LogP contribution in [0.25, 0.3) is 0 Å². The minimum Gasteiger partial charge on any atom is -0.489 e. The second-order valence-electron chi connectivity index (χ2n) is 5.87. The zero-order valence-corrected chi connectivity index (χ0v) is 13.5. The van der Waals surface area contributed by atoms with Crippen molar-refractivity contribution in [3.8, 4) is 5.75 Å². The largest absolute Gasteiger partial charge is 0.489 e. The summed E-state index contributed by atoms with van der Waals surface area (Å²) in [5.74, 6) is 0.981. The van der Waals surface area contributed by atoms with Crippen LogP contribution >= 0.6 is 0 Å². The van der Waals surface area contributed by atoms with Gasteiger partial charge < -0.3 is 19.6 Å². The Bertz CT molecular complexity index is 606. The highest BCUT2D eigenvalue weighted by atomic mass is 16.5. The lowest BCUT2D eigenvalue weighted by Crippen LogP contribution is -2.33. The van der Waals surface area contributed by atoms with E-state index < -0.39 is 6.10 Å². The number of ether oxygens (including phenoxy) is 1. The van der Waals surface area contributed by atoms with Gasteiger partial charge in [-0.2, -0.15) is 0 Å². The molecular weight excluding hydrogens is 294 g/mol. The van der Waals surface area contributed by atoms with Crippen LogP contribution in [-0.4, -0.2) is 23.7 Å². The number of nitrogens with one attached hydrogen (secondary N) is 1. The third-order valence-electron chi connectivity index (χ3n) is 3.33. The number of carbonyl (C=O) groups excluding carboxylic acids is 1. The maximum atomic E-state index is 12.2. The van der Waals surface area contributed by atoms with Crippen LogP contribution in [0.4, 0.5) is 0 Å². The Morgan fingerprint density at radius 2 is 2.00 bits per heavy atom. The maximum Gasteiger partial charge on any atom is 0.287 e. The molecule has 1 heterocycles. The molecule has 2 N–H and O–H groups in total. The molecule has 23 heavy (non-hydrogen) atoms. The van der Waals surface area contributed by atoms with Crippen LogP contribution in [0.1, 0.15) is 36.4 Å². The van der Waals surface area contributed by atoms with Crippen LogP contribution < -0.4 is 10.1 Å². The second-order valence-corrected chi connectivity index (χ2v) is 5.87. The molecule has 124 valence electrons. The lowest BCUT2D eigenvalue weighted by atomic mass is 10.1. The van der Waals surface area contributed by atoms with Gasteiger partial charge in [0.2, 0.25) is 0 Å². The first-order valence-electron chi connectivity index (χ1n) is 7.76. The van der Waals surface area contributed by atoms with Crippen molar-refractivity contribution in [3.63, 3.8) is 0 Å². The highest BCUT2D eigenvalue weighted by molar-refractivity contribution is 5.92. The molecule has 0 bridgehead atoms. The molecule has 0 saturated carbocycles. The van der Waals surface area contributed by atoms with Crippen LogP contribution in [0.15, 0.2) is 47.1 Å². The number of aliphatic hydroxyl groups excluding tert-OH is 1. The first-order valence-corrected chi connectivity index (χ1v) is 7.76. The number of hydrogen-bond acceptors (Lipinski definition) is 4. The maximum absolute atomic E-state index is 12.2. The summed E-state index contributed by atoms with van der Waals surface area (Å²) in [7, 11) is 0. The van der Waals surface area contributed by atoms with Crippen LogP contribution in [0, 0.1) is 5.92 Å². The number of rotatable bonds is 8. The minimum atomic E-state index is -0.557. The predicted octanol–water partition coefficient (Wildman–Crippen LogP) is 3.00. The Labute approximate surface area is 136 Å². The van der Waals surface area contributed by atoms with Gasteiger partial charge in [0.15, 0.2) is 5.76 Å². The van der Waals surface area contributed by atoms with Crippen molar-refractivity contribution >= 4 is 5.91 Å². The molecule has 0 aliphatic heterocycles. The second kappa shape index (κ2) is 8.39. The smallest absolute Gasteiger partial charge is 0.287 e. The molecule has 2 rings (SSSR count). The monoisotopic (exact) mass is 317 g/mol. The van der Waals surface area contributed by atoms with E-state index in [9.17, 15) is 9.90 Å². The Morgan fingerprint density at radius 3 is 2.70 bits per heavy atom. The van der Waals surface area contributed by atoms with Gasteiger partial charge in [-0.3, -0.25) is 4.79 Å². The van der Waals surface area contributed by atoms with E-state index >= 15 is 0 Å². The highest BCUT2D eigenvalue weighted by Gasteiger charge is 2.17. The summed E-state index contributed by atoms with van der Waals surface area (Å²) in [6, 6.07) is 11.1. The van der Waals surface area contributed by atoms with Crippen molar-refractivity contribution in [2.24, 2.45) is 5.92 Å². The molecule has 0 fully saturated rings. The summed E-state index contributed by atoms with van der Waals surface area (Å²) in [6.07, 6.45) is 1.55. The first-order chi connectivity index (χ1) is 11.1.